The van der Waals surface area contributed by atoms with Gasteiger partial charge in [0.15, 0.2) is 0 Å². The molecular weight excluding hydrogens is 406 g/mol. The lowest BCUT2D eigenvalue weighted by Gasteiger charge is -2.28. The first kappa shape index (κ1) is 20.8. The molecule has 0 saturated heterocycles. The molecule has 2 aliphatic rings. The SMILES string of the molecule is CC(=O)N[C@H]1CCC[C@@H](C(=O)Nc2cc(-c3cnn4c3CCCC4O)c(Cl)cn2)C1. The highest BCUT2D eigenvalue weighted by atomic mass is 35.5. The van der Waals surface area contributed by atoms with Gasteiger partial charge in [0.05, 0.1) is 11.2 Å². The molecule has 1 aliphatic carbocycles. The average Bonchev–Trinajstić information content (AvgIpc) is 3.14. The summed E-state index contributed by atoms with van der Waals surface area (Å²) in [4.78, 5) is 28.4. The first-order chi connectivity index (χ1) is 14.4. The smallest absolute Gasteiger partial charge is 0.228 e. The van der Waals surface area contributed by atoms with Crippen LogP contribution in [0.25, 0.3) is 11.1 Å². The van der Waals surface area contributed by atoms with Crippen LogP contribution >= 0.6 is 11.6 Å². The predicted octanol–water partition coefficient (Wildman–Crippen LogP) is 3.06. The number of hydrogen-bond donors (Lipinski definition) is 3. The molecule has 1 saturated carbocycles. The minimum atomic E-state index is -0.620. The summed E-state index contributed by atoms with van der Waals surface area (Å²) in [6.07, 6.45) is 8.18. The van der Waals surface area contributed by atoms with E-state index in [9.17, 15) is 14.7 Å². The third-order valence-electron chi connectivity index (χ3n) is 5.91. The topological polar surface area (TPSA) is 109 Å². The normalized spacial score (nSPS) is 23.5. The molecule has 0 radical (unpaired) electrons. The molecule has 0 spiro atoms. The molecule has 3 atom stereocenters. The molecule has 30 heavy (non-hydrogen) atoms. The molecule has 1 fully saturated rings. The van der Waals surface area contributed by atoms with Crippen molar-refractivity contribution in [2.75, 3.05) is 5.32 Å². The number of aromatic nitrogens is 3. The quantitative estimate of drug-likeness (QED) is 0.689. The van der Waals surface area contributed by atoms with E-state index in [0.717, 1.165) is 48.9 Å². The first-order valence-corrected chi connectivity index (χ1v) is 10.8. The van der Waals surface area contributed by atoms with Gasteiger partial charge in [-0.15, -0.1) is 0 Å². The van der Waals surface area contributed by atoms with Crippen LogP contribution in [-0.2, 0) is 16.0 Å². The number of nitrogens with one attached hydrogen (secondary N) is 2. The van der Waals surface area contributed by atoms with E-state index in [1.165, 1.54) is 13.1 Å². The standard InChI is InChI=1S/C21H26ClN5O3/c1-12(28)25-14-5-2-4-13(8-14)21(30)26-19-9-15(17(22)11-23-19)16-10-24-27-18(16)6-3-7-20(27)29/h9-11,13-14,20,29H,2-8H2,1H3,(H,25,28)(H,23,26,30)/t13-,14+,20?/m1/s1. The molecule has 0 aromatic carbocycles. The van der Waals surface area contributed by atoms with Crippen LogP contribution in [0.3, 0.4) is 0 Å². The first-order valence-electron chi connectivity index (χ1n) is 10.4. The highest BCUT2D eigenvalue weighted by molar-refractivity contribution is 6.33. The van der Waals surface area contributed by atoms with Gasteiger partial charge < -0.3 is 15.7 Å². The summed E-state index contributed by atoms with van der Waals surface area (Å²) in [5.74, 6) is 0.0888. The van der Waals surface area contributed by atoms with Crippen LogP contribution in [0.4, 0.5) is 5.82 Å². The molecule has 8 nitrogen and oxygen atoms in total. The summed E-state index contributed by atoms with van der Waals surface area (Å²) in [6, 6.07) is 1.79. The van der Waals surface area contributed by atoms with E-state index in [1.54, 1.807) is 16.9 Å². The number of nitrogens with zero attached hydrogens (tertiary/aromatic N) is 3. The van der Waals surface area contributed by atoms with Gasteiger partial charge in [-0.2, -0.15) is 5.10 Å². The van der Waals surface area contributed by atoms with E-state index in [1.807, 2.05) is 0 Å². The van der Waals surface area contributed by atoms with Crippen LogP contribution in [-0.4, -0.2) is 37.7 Å². The Hall–Kier alpha value is -2.45. The van der Waals surface area contributed by atoms with Gasteiger partial charge in [0, 0.05) is 41.9 Å². The second kappa shape index (κ2) is 8.73. The molecule has 2 amide bonds. The lowest BCUT2D eigenvalue weighted by Crippen LogP contribution is -2.40. The van der Waals surface area contributed by atoms with Gasteiger partial charge >= 0.3 is 0 Å². The molecule has 3 heterocycles. The molecule has 2 aromatic heterocycles. The summed E-state index contributed by atoms with van der Waals surface area (Å²) in [6.45, 7) is 1.50. The highest BCUT2D eigenvalue weighted by Gasteiger charge is 2.28. The van der Waals surface area contributed by atoms with E-state index in [4.69, 9.17) is 11.6 Å². The number of carbonyl (C=O) groups excluding carboxylic acids is 2. The molecular formula is C21H26ClN5O3. The zero-order chi connectivity index (χ0) is 21.3. The lowest BCUT2D eigenvalue weighted by molar-refractivity contribution is -0.123. The Labute approximate surface area is 180 Å². The molecule has 1 aliphatic heterocycles. The fourth-order valence-corrected chi connectivity index (χ4v) is 4.69. The van der Waals surface area contributed by atoms with Crippen LogP contribution in [0, 0.1) is 5.92 Å². The fraction of sp³-hybridized carbons (Fsp3) is 0.524. The number of pyridine rings is 1. The third-order valence-corrected chi connectivity index (χ3v) is 6.21. The summed E-state index contributed by atoms with van der Waals surface area (Å²) in [5, 5.41) is 20.8. The maximum atomic E-state index is 12.8. The Balaban J connectivity index is 1.51. The average molecular weight is 432 g/mol. The number of carbonyl (C=O) groups is 2. The summed E-state index contributed by atoms with van der Waals surface area (Å²) >= 11 is 6.40. The molecule has 1 unspecified atom stereocenters. The Morgan fingerprint density at radius 1 is 1.20 bits per heavy atom. The van der Waals surface area contributed by atoms with E-state index in [0.29, 0.717) is 23.7 Å². The molecule has 9 heteroatoms. The van der Waals surface area contributed by atoms with Crippen molar-refractivity contribution in [2.45, 2.75) is 64.1 Å². The van der Waals surface area contributed by atoms with Crippen molar-refractivity contribution in [3.63, 3.8) is 0 Å². The predicted molar refractivity (Wildman–Crippen MR) is 113 cm³/mol. The van der Waals surface area contributed by atoms with Crippen molar-refractivity contribution < 1.29 is 14.7 Å². The van der Waals surface area contributed by atoms with Crippen molar-refractivity contribution in [1.82, 2.24) is 20.1 Å². The lowest BCUT2D eigenvalue weighted by atomic mass is 9.85. The molecule has 0 bridgehead atoms. The van der Waals surface area contributed by atoms with Gasteiger partial charge in [-0.25, -0.2) is 9.67 Å². The Bertz CT molecular complexity index is 960. The van der Waals surface area contributed by atoms with Crippen molar-refractivity contribution in [3.05, 3.63) is 29.2 Å². The van der Waals surface area contributed by atoms with Crippen molar-refractivity contribution in [1.29, 1.82) is 0 Å². The Kier molecular flexibility index (Phi) is 6.06. The van der Waals surface area contributed by atoms with Crippen LogP contribution in [0.15, 0.2) is 18.5 Å². The van der Waals surface area contributed by atoms with Crippen molar-refractivity contribution >= 4 is 29.2 Å². The summed E-state index contributed by atoms with van der Waals surface area (Å²) < 4.78 is 1.64. The molecule has 160 valence electrons. The number of aliphatic hydroxyl groups is 1. The Morgan fingerprint density at radius 2 is 2.03 bits per heavy atom. The summed E-state index contributed by atoms with van der Waals surface area (Å²) in [7, 11) is 0. The number of anilines is 1. The number of halogens is 1. The Morgan fingerprint density at radius 3 is 2.83 bits per heavy atom. The van der Waals surface area contributed by atoms with Gasteiger partial charge in [0.25, 0.3) is 0 Å². The number of rotatable bonds is 4. The van der Waals surface area contributed by atoms with Gasteiger partial charge in [-0.05, 0) is 44.6 Å². The molecule has 3 N–H and O–H groups in total. The maximum absolute atomic E-state index is 12.8. The van der Waals surface area contributed by atoms with E-state index >= 15 is 0 Å². The minimum Gasteiger partial charge on any atom is -0.372 e. The minimum absolute atomic E-state index is 0.0334. The number of amides is 2. The number of aliphatic hydroxyl groups excluding tert-OH is 1. The van der Waals surface area contributed by atoms with Crippen LogP contribution in [0.2, 0.25) is 5.02 Å². The molecule has 4 rings (SSSR count). The van der Waals surface area contributed by atoms with Gasteiger partial charge in [-0.1, -0.05) is 18.0 Å². The van der Waals surface area contributed by atoms with Crippen molar-refractivity contribution in [2.24, 2.45) is 5.92 Å². The number of hydrogen-bond acceptors (Lipinski definition) is 5. The zero-order valence-corrected chi connectivity index (χ0v) is 17.7. The van der Waals surface area contributed by atoms with Crippen molar-refractivity contribution in [3.8, 4) is 11.1 Å². The largest absolute Gasteiger partial charge is 0.372 e. The van der Waals surface area contributed by atoms with Crippen LogP contribution < -0.4 is 10.6 Å². The zero-order valence-electron chi connectivity index (χ0n) is 16.9. The van der Waals surface area contributed by atoms with E-state index < -0.39 is 6.23 Å². The van der Waals surface area contributed by atoms with Crippen LogP contribution in [0.1, 0.15) is 57.4 Å². The monoisotopic (exact) mass is 431 g/mol. The van der Waals surface area contributed by atoms with E-state index in [-0.39, 0.29) is 23.8 Å². The fourth-order valence-electron chi connectivity index (χ4n) is 4.48. The van der Waals surface area contributed by atoms with E-state index in [2.05, 4.69) is 20.7 Å². The van der Waals surface area contributed by atoms with Crippen LogP contribution in [0.5, 0.6) is 0 Å². The summed E-state index contributed by atoms with van der Waals surface area (Å²) in [5.41, 5.74) is 2.52. The third kappa shape index (κ3) is 4.34. The maximum Gasteiger partial charge on any atom is 0.228 e. The highest BCUT2D eigenvalue weighted by Crippen LogP contribution is 2.36. The van der Waals surface area contributed by atoms with Gasteiger partial charge in [0.2, 0.25) is 11.8 Å². The number of fused-ring (bicyclic) bond motifs is 1. The second-order valence-corrected chi connectivity index (χ2v) is 8.53. The second-order valence-electron chi connectivity index (χ2n) is 8.12. The van der Waals surface area contributed by atoms with Gasteiger partial charge in [0.1, 0.15) is 12.0 Å². The van der Waals surface area contributed by atoms with Gasteiger partial charge in [-0.3, -0.25) is 9.59 Å². The molecule has 2 aromatic rings.